The lowest BCUT2D eigenvalue weighted by Gasteiger charge is -2.28. The van der Waals surface area contributed by atoms with Crippen molar-refractivity contribution in [1.82, 2.24) is 5.32 Å². The number of nitrogens with one attached hydrogen (secondary N) is 1. The molecular formula is C15H25F6N3O7S2+2. The Hall–Kier alpha value is -1.82. The first kappa shape index (κ1) is 29.2. The van der Waals surface area contributed by atoms with E-state index >= 15 is 0 Å². The predicted molar refractivity (Wildman–Crippen MR) is 101 cm³/mol. The summed E-state index contributed by atoms with van der Waals surface area (Å²) in [6.07, 6.45) is 3.59. The molecule has 2 saturated heterocycles. The molecule has 0 aromatic carbocycles. The van der Waals surface area contributed by atoms with E-state index in [-0.39, 0.29) is 0 Å². The van der Waals surface area contributed by atoms with Gasteiger partial charge in [-0.2, -0.15) is 43.2 Å². The molecule has 2 N–H and O–H groups in total. The zero-order chi connectivity index (χ0) is 25.9. The van der Waals surface area contributed by atoms with Gasteiger partial charge in [-0.25, -0.2) is 10.1 Å². The Balaban J connectivity index is 0.000000451. The number of quaternary nitrogens is 1. The maximum atomic E-state index is 12.4. The predicted octanol–water partition coefficient (Wildman–Crippen LogP) is 1.15. The van der Waals surface area contributed by atoms with Crippen LogP contribution in [0.15, 0.2) is 0 Å². The van der Waals surface area contributed by atoms with Crippen molar-refractivity contribution >= 4 is 32.0 Å². The summed E-state index contributed by atoms with van der Waals surface area (Å²) in [7, 11) is -11.8. The fourth-order valence-corrected chi connectivity index (χ4v) is 5.61. The topological polar surface area (TPSA) is 130 Å². The van der Waals surface area contributed by atoms with E-state index in [0.717, 1.165) is 0 Å². The third-order valence-corrected chi connectivity index (χ3v) is 8.41. The van der Waals surface area contributed by atoms with Crippen molar-refractivity contribution in [1.29, 1.82) is 0 Å². The number of aliphatic carboxylic acids is 1. The van der Waals surface area contributed by atoms with Crippen LogP contribution in [-0.2, 0) is 29.6 Å². The molecule has 2 rings (SSSR count). The molecule has 0 bridgehead atoms. The summed E-state index contributed by atoms with van der Waals surface area (Å²) in [5.41, 5.74) is -12.9. The van der Waals surface area contributed by atoms with Crippen LogP contribution in [0.3, 0.4) is 0 Å². The number of carbonyl (C=O) groups is 1. The van der Waals surface area contributed by atoms with Crippen LogP contribution >= 0.6 is 0 Å². The number of halogens is 6. The van der Waals surface area contributed by atoms with Gasteiger partial charge in [-0.1, -0.05) is 13.3 Å². The highest BCUT2D eigenvalue weighted by Crippen LogP contribution is 2.33. The number of amidine groups is 1. The van der Waals surface area contributed by atoms with Gasteiger partial charge in [0.05, 0.1) is 26.7 Å². The molecule has 2 aliphatic heterocycles. The van der Waals surface area contributed by atoms with E-state index in [2.05, 4.69) is 18.7 Å². The molecule has 0 aromatic heterocycles. The number of sulfonamides is 2. The van der Waals surface area contributed by atoms with Gasteiger partial charge in [0.2, 0.25) is 6.10 Å². The van der Waals surface area contributed by atoms with Crippen LogP contribution in [0.4, 0.5) is 26.3 Å². The molecule has 0 spiro atoms. The van der Waals surface area contributed by atoms with E-state index in [0.29, 0.717) is 0 Å². The van der Waals surface area contributed by atoms with Crippen LogP contribution in [-0.4, -0.2) is 92.1 Å². The molecule has 0 aromatic rings. The smallest absolute Gasteiger partial charge is 0.478 e. The van der Waals surface area contributed by atoms with Crippen LogP contribution in [0.2, 0.25) is 0 Å². The molecule has 1 atom stereocenters. The maximum absolute atomic E-state index is 12.4. The van der Waals surface area contributed by atoms with Gasteiger partial charge in [0.15, 0.2) is 0 Å². The molecule has 2 fully saturated rings. The summed E-state index contributed by atoms with van der Waals surface area (Å²) in [5, 5.41) is 9.92. The van der Waals surface area contributed by atoms with E-state index in [9.17, 15) is 48.0 Å². The number of carboxylic acids is 1. The minimum Gasteiger partial charge on any atom is -0.478 e. The number of carboxylic acid groups (broad SMARTS) is 1. The van der Waals surface area contributed by atoms with Gasteiger partial charge in [-0.15, -0.1) is 0 Å². The van der Waals surface area contributed by atoms with Gasteiger partial charge in [-0.3, -0.25) is 0 Å². The van der Waals surface area contributed by atoms with Crippen LogP contribution < -0.4 is 5.32 Å². The number of unbranched alkanes of at least 4 members (excludes halogenated alkanes) is 1. The zero-order valence-corrected chi connectivity index (χ0v) is 19.2. The monoisotopic (exact) mass is 537 g/mol. The Morgan fingerprint density at radius 2 is 1.55 bits per heavy atom. The average Bonchev–Trinajstić information content (AvgIpc) is 3.28. The fourth-order valence-electron chi connectivity index (χ4n) is 3.04. The van der Waals surface area contributed by atoms with Crippen LogP contribution in [0.5, 0.6) is 0 Å². The van der Waals surface area contributed by atoms with Crippen LogP contribution in [0, 0.1) is 0 Å². The first-order valence-corrected chi connectivity index (χ1v) is 12.4. The van der Waals surface area contributed by atoms with Crippen molar-refractivity contribution in [2.24, 2.45) is 0 Å². The van der Waals surface area contributed by atoms with Crippen molar-refractivity contribution in [2.75, 3.05) is 33.2 Å². The molecule has 194 valence electrons. The second kappa shape index (κ2) is 10.2. The lowest BCUT2D eigenvalue weighted by Crippen LogP contribution is -2.48. The fraction of sp³-hybridized carbons (Fsp3) is 0.867. The van der Waals surface area contributed by atoms with E-state index in [1.807, 2.05) is 0 Å². The number of ether oxygens (including phenoxy) is 1. The molecule has 33 heavy (non-hydrogen) atoms. The summed E-state index contributed by atoms with van der Waals surface area (Å²) in [6.45, 7) is 5.58. The van der Waals surface area contributed by atoms with E-state index < -0.39 is 59.1 Å². The van der Waals surface area contributed by atoms with E-state index in [1.54, 1.807) is 0 Å². The third-order valence-electron chi connectivity index (χ3n) is 4.85. The largest absolute Gasteiger partial charge is 0.538 e. The Kier molecular flexibility index (Phi) is 9.03. The molecular weight excluding hydrogens is 512 g/mol. The van der Waals surface area contributed by atoms with Crippen LogP contribution in [0.25, 0.3) is 0 Å². The standard InChI is InChI=1S/C9H20N.C6H4F6N2O7S2/c1-3-4-7-10(2)8-5-6-9-10;7-5(8,9)22(17,18)14(23(19,20)6(10,11)12)4-13-1-2(21-4)3(15)16/h3-9H2,1-2H3;2H,1H2,(H,15,16)/q+1;/p+1. The summed E-state index contributed by atoms with van der Waals surface area (Å²) in [4.78, 5) is 10.5. The number of hydrogen-bond acceptors (Lipinski definition) is 6. The second-order valence-electron chi connectivity index (χ2n) is 7.58. The third kappa shape index (κ3) is 6.84. The molecule has 10 nitrogen and oxygen atoms in total. The average molecular weight is 538 g/mol. The van der Waals surface area contributed by atoms with Crippen molar-refractivity contribution in [3.05, 3.63) is 0 Å². The Morgan fingerprint density at radius 3 is 1.88 bits per heavy atom. The van der Waals surface area contributed by atoms with Gasteiger partial charge in [-0.05, 0) is 6.42 Å². The molecule has 0 radical (unpaired) electrons. The number of rotatable bonds is 6. The molecule has 0 aliphatic carbocycles. The normalized spacial score (nSPS) is 21.0. The van der Waals surface area contributed by atoms with Crippen molar-refractivity contribution < 1.29 is 65.7 Å². The number of nitrogens with zero attached hydrogens (tertiary/aromatic N) is 2. The van der Waals surface area contributed by atoms with Gasteiger partial charge in [0.1, 0.15) is 6.54 Å². The second-order valence-corrected chi connectivity index (χ2v) is 11.4. The molecule has 1 unspecified atom stereocenters. The van der Waals surface area contributed by atoms with E-state index in [4.69, 9.17) is 5.11 Å². The molecule has 0 saturated carbocycles. The quantitative estimate of drug-likeness (QED) is 0.293. The van der Waals surface area contributed by atoms with E-state index in [1.165, 1.54) is 55.1 Å². The molecule has 0 amide bonds. The first-order valence-electron chi connectivity index (χ1n) is 9.57. The van der Waals surface area contributed by atoms with Gasteiger partial charge >= 0.3 is 43.1 Å². The maximum Gasteiger partial charge on any atom is 0.538 e. The zero-order valence-electron chi connectivity index (χ0n) is 17.6. The summed E-state index contributed by atoms with van der Waals surface area (Å²) >= 11 is 0. The number of alkyl halides is 6. The minimum absolute atomic E-state index is 0.970. The van der Waals surface area contributed by atoms with Crippen LogP contribution in [0.1, 0.15) is 32.6 Å². The lowest BCUT2D eigenvalue weighted by atomic mass is 10.3. The highest BCUT2D eigenvalue weighted by atomic mass is 32.3. The highest BCUT2D eigenvalue weighted by molar-refractivity contribution is 7.98. The minimum atomic E-state index is -7.10. The summed E-state index contributed by atoms with van der Waals surface area (Å²) in [5.74, 6) is -1.89. The highest BCUT2D eigenvalue weighted by Gasteiger charge is 2.66. The Morgan fingerprint density at radius 1 is 1.09 bits per heavy atom. The van der Waals surface area contributed by atoms with Gasteiger partial charge < -0.3 is 14.3 Å². The van der Waals surface area contributed by atoms with Crippen molar-refractivity contribution in [3.8, 4) is 0 Å². The lowest BCUT2D eigenvalue weighted by molar-refractivity contribution is -0.897. The Bertz CT molecular complexity index is 909. The first-order chi connectivity index (χ1) is 14.8. The molecule has 2 heterocycles. The molecule has 2 aliphatic rings. The summed E-state index contributed by atoms with van der Waals surface area (Å²) in [6, 6.07) is -2.05. The Labute approximate surface area is 186 Å². The summed E-state index contributed by atoms with van der Waals surface area (Å²) < 4.78 is 123. The van der Waals surface area contributed by atoms with Crippen molar-refractivity contribution in [3.63, 3.8) is 0 Å². The van der Waals surface area contributed by atoms with Gasteiger partial charge in [0, 0.05) is 16.2 Å². The van der Waals surface area contributed by atoms with Gasteiger partial charge in [0.25, 0.3) is 0 Å². The molecule has 18 heteroatoms. The SMILES string of the molecule is CCCC[N+]1(C)CCCC1.O=C(O)C1CNC(=[N+](S(=O)(=O)C(F)(F)F)S(=O)(=O)C(F)(F)F)O1. The number of likely N-dealkylation sites (tertiary alicyclic amines) is 1. The van der Waals surface area contributed by atoms with Crippen molar-refractivity contribution in [2.45, 2.75) is 49.7 Å². The number of hydrogen-bond donors (Lipinski definition) is 2.